The number of rotatable bonds is 6. The Bertz CT molecular complexity index is 268. The van der Waals surface area contributed by atoms with Crippen LogP contribution in [0.1, 0.15) is 26.2 Å². The first-order valence-electron chi connectivity index (χ1n) is 5.16. The summed E-state index contributed by atoms with van der Waals surface area (Å²) in [6.45, 7) is 1.88. The molecule has 1 atom stereocenters. The number of nitriles is 1. The summed E-state index contributed by atoms with van der Waals surface area (Å²) in [6.07, 6.45) is 2.99. The van der Waals surface area contributed by atoms with Gasteiger partial charge in [0.25, 0.3) is 0 Å². The number of nitrogens with zero attached hydrogens (tertiary/aromatic N) is 1. The Morgan fingerprint density at radius 3 is 2.80 bits per heavy atom. The molecule has 1 aliphatic carbocycles. The molecule has 0 spiro atoms. The van der Waals surface area contributed by atoms with Gasteiger partial charge in [-0.25, -0.2) is 0 Å². The van der Waals surface area contributed by atoms with Crippen LogP contribution in [0, 0.1) is 22.7 Å². The molecule has 1 saturated carbocycles. The average molecular weight is 227 g/mol. The SMILES string of the molecule is COC(=O)C(C)CSCC1(CC#N)CC1. The van der Waals surface area contributed by atoms with Crippen molar-refractivity contribution < 1.29 is 9.53 Å². The first-order valence-corrected chi connectivity index (χ1v) is 6.31. The largest absolute Gasteiger partial charge is 0.469 e. The second kappa shape index (κ2) is 5.41. The lowest BCUT2D eigenvalue weighted by Gasteiger charge is -2.12. The number of hydrogen-bond donors (Lipinski definition) is 0. The highest BCUT2D eigenvalue weighted by atomic mass is 32.2. The van der Waals surface area contributed by atoms with Gasteiger partial charge in [0.2, 0.25) is 0 Å². The van der Waals surface area contributed by atoms with Gasteiger partial charge in [0.15, 0.2) is 0 Å². The molecule has 0 bridgehead atoms. The van der Waals surface area contributed by atoms with E-state index >= 15 is 0 Å². The Morgan fingerprint density at radius 1 is 1.67 bits per heavy atom. The number of hydrogen-bond acceptors (Lipinski definition) is 4. The summed E-state index contributed by atoms with van der Waals surface area (Å²) in [4.78, 5) is 11.1. The van der Waals surface area contributed by atoms with Gasteiger partial charge < -0.3 is 4.74 Å². The van der Waals surface area contributed by atoms with Crippen molar-refractivity contribution in [2.45, 2.75) is 26.2 Å². The highest BCUT2D eigenvalue weighted by molar-refractivity contribution is 7.99. The molecule has 0 aliphatic heterocycles. The third kappa shape index (κ3) is 3.75. The van der Waals surface area contributed by atoms with Crippen molar-refractivity contribution in [3.05, 3.63) is 0 Å². The summed E-state index contributed by atoms with van der Waals surface area (Å²) >= 11 is 1.76. The molecule has 1 unspecified atom stereocenters. The van der Waals surface area contributed by atoms with Crippen molar-refractivity contribution in [3.63, 3.8) is 0 Å². The van der Waals surface area contributed by atoms with Gasteiger partial charge in [-0.15, -0.1) is 0 Å². The number of esters is 1. The molecule has 0 radical (unpaired) electrons. The summed E-state index contributed by atoms with van der Waals surface area (Å²) in [5.74, 6) is 1.60. The Kier molecular flexibility index (Phi) is 4.46. The highest BCUT2D eigenvalue weighted by Crippen LogP contribution is 2.50. The van der Waals surface area contributed by atoms with Gasteiger partial charge in [0, 0.05) is 12.2 Å². The normalized spacial score (nSPS) is 19.0. The Labute approximate surface area is 95.2 Å². The van der Waals surface area contributed by atoms with E-state index < -0.39 is 0 Å². The Hall–Kier alpha value is -0.690. The number of ether oxygens (including phenoxy) is 1. The molecule has 15 heavy (non-hydrogen) atoms. The lowest BCUT2D eigenvalue weighted by molar-refractivity contribution is -0.143. The van der Waals surface area contributed by atoms with E-state index in [0.29, 0.717) is 6.42 Å². The molecule has 1 fully saturated rings. The smallest absolute Gasteiger partial charge is 0.309 e. The van der Waals surface area contributed by atoms with Gasteiger partial charge in [-0.1, -0.05) is 6.92 Å². The van der Waals surface area contributed by atoms with Crippen molar-refractivity contribution in [1.29, 1.82) is 5.26 Å². The molecule has 0 amide bonds. The fraction of sp³-hybridized carbons (Fsp3) is 0.818. The molecule has 3 nitrogen and oxygen atoms in total. The van der Waals surface area contributed by atoms with Crippen LogP contribution >= 0.6 is 11.8 Å². The fourth-order valence-electron chi connectivity index (χ4n) is 1.44. The summed E-state index contributed by atoms with van der Waals surface area (Å²) < 4.78 is 4.65. The first kappa shape index (κ1) is 12.4. The molecule has 0 heterocycles. The maximum atomic E-state index is 11.1. The number of carbonyl (C=O) groups is 1. The minimum atomic E-state index is -0.146. The number of carbonyl (C=O) groups excluding carboxylic acids is 1. The van der Waals surface area contributed by atoms with E-state index in [4.69, 9.17) is 5.26 Å². The summed E-state index contributed by atoms with van der Waals surface area (Å²) in [7, 11) is 1.42. The maximum absolute atomic E-state index is 11.1. The summed E-state index contributed by atoms with van der Waals surface area (Å²) in [6, 6.07) is 2.24. The van der Waals surface area contributed by atoms with E-state index in [9.17, 15) is 4.79 Å². The highest BCUT2D eigenvalue weighted by Gasteiger charge is 2.42. The van der Waals surface area contributed by atoms with Gasteiger partial charge in [0.05, 0.1) is 19.1 Å². The van der Waals surface area contributed by atoms with E-state index in [1.54, 1.807) is 11.8 Å². The zero-order valence-corrected chi connectivity index (χ0v) is 10.1. The van der Waals surface area contributed by atoms with Crippen LogP contribution in [0.5, 0.6) is 0 Å². The first-order chi connectivity index (χ1) is 7.13. The zero-order valence-electron chi connectivity index (χ0n) is 9.28. The zero-order chi connectivity index (χ0) is 11.3. The van der Waals surface area contributed by atoms with Crippen LogP contribution < -0.4 is 0 Å². The molecule has 0 aromatic heterocycles. The standard InChI is InChI=1S/C11H17NO2S/c1-9(10(13)14-2)7-15-8-11(3-4-11)5-6-12/h9H,3-5,7-8H2,1-2H3. The van der Waals surface area contributed by atoms with Crippen LogP contribution in [0.3, 0.4) is 0 Å². The summed E-state index contributed by atoms with van der Waals surface area (Å²) in [5.41, 5.74) is 0.273. The van der Waals surface area contributed by atoms with E-state index in [0.717, 1.165) is 11.5 Å². The lowest BCUT2D eigenvalue weighted by atomic mass is 10.1. The van der Waals surface area contributed by atoms with Gasteiger partial charge in [-0.2, -0.15) is 17.0 Å². The summed E-state index contributed by atoms with van der Waals surface area (Å²) in [5, 5.41) is 8.64. The lowest BCUT2D eigenvalue weighted by Crippen LogP contribution is -2.16. The monoisotopic (exact) mass is 227 g/mol. The molecular formula is C11H17NO2S. The molecule has 0 aromatic rings. The maximum Gasteiger partial charge on any atom is 0.309 e. The third-order valence-electron chi connectivity index (χ3n) is 2.79. The molecule has 0 aromatic carbocycles. The second-order valence-electron chi connectivity index (χ2n) is 4.27. The minimum absolute atomic E-state index is 0.0436. The van der Waals surface area contributed by atoms with Crippen molar-refractivity contribution in [1.82, 2.24) is 0 Å². The van der Waals surface area contributed by atoms with Crippen LogP contribution in [0.15, 0.2) is 0 Å². The van der Waals surface area contributed by atoms with Crippen molar-refractivity contribution in [2.24, 2.45) is 11.3 Å². The molecule has 4 heteroatoms. The molecule has 1 rings (SSSR count). The van der Waals surface area contributed by atoms with E-state index in [2.05, 4.69) is 10.8 Å². The minimum Gasteiger partial charge on any atom is -0.469 e. The van der Waals surface area contributed by atoms with Gasteiger partial charge in [0.1, 0.15) is 0 Å². The topological polar surface area (TPSA) is 50.1 Å². The Balaban J connectivity index is 2.17. The van der Waals surface area contributed by atoms with E-state index in [1.165, 1.54) is 20.0 Å². The van der Waals surface area contributed by atoms with Gasteiger partial charge in [-0.05, 0) is 24.0 Å². The van der Waals surface area contributed by atoms with Crippen LogP contribution in [-0.2, 0) is 9.53 Å². The van der Waals surface area contributed by atoms with Crippen LogP contribution in [0.2, 0.25) is 0 Å². The molecule has 0 saturated heterocycles. The third-order valence-corrected chi connectivity index (χ3v) is 4.34. The second-order valence-corrected chi connectivity index (χ2v) is 5.30. The number of methoxy groups -OCH3 is 1. The average Bonchev–Trinajstić information content (AvgIpc) is 2.97. The Morgan fingerprint density at radius 2 is 2.33 bits per heavy atom. The number of thioether (sulfide) groups is 1. The molecule has 0 N–H and O–H groups in total. The van der Waals surface area contributed by atoms with Crippen molar-refractivity contribution in [3.8, 4) is 6.07 Å². The van der Waals surface area contributed by atoms with Crippen molar-refractivity contribution in [2.75, 3.05) is 18.6 Å². The van der Waals surface area contributed by atoms with Crippen LogP contribution in [0.25, 0.3) is 0 Å². The predicted octanol–water partition coefficient (Wildman–Crippen LogP) is 2.22. The predicted molar refractivity (Wildman–Crippen MR) is 60.4 cm³/mol. The van der Waals surface area contributed by atoms with Crippen LogP contribution in [0.4, 0.5) is 0 Å². The molecular weight excluding hydrogens is 210 g/mol. The molecule has 84 valence electrons. The van der Waals surface area contributed by atoms with E-state index in [-0.39, 0.29) is 17.3 Å². The fourth-order valence-corrected chi connectivity index (χ4v) is 2.87. The quantitative estimate of drug-likeness (QED) is 0.653. The van der Waals surface area contributed by atoms with Crippen LogP contribution in [-0.4, -0.2) is 24.6 Å². The van der Waals surface area contributed by atoms with Gasteiger partial charge >= 0.3 is 5.97 Å². The van der Waals surface area contributed by atoms with E-state index in [1.807, 2.05) is 6.92 Å². The van der Waals surface area contributed by atoms with Gasteiger partial charge in [-0.3, -0.25) is 4.79 Å². The van der Waals surface area contributed by atoms with Crippen molar-refractivity contribution >= 4 is 17.7 Å². The molecule has 1 aliphatic rings.